The Morgan fingerprint density at radius 2 is 1.62 bits per heavy atom. The van der Waals surface area contributed by atoms with Crippen LogP contribution in [0.15, 0.2) is 0 Å². The summed E-state index contributed by atoms with van der Waals surface area (Å²) in [4.78, 5) is 0. The summed E-state index contributed by atoms with van der Waals surface area (Å²) in [5.41, 5.74) is 0. The third-order valence-corrected chi connectivity index (χ3v) is 3.29. The van der Waals surface area contributed by atoms with Crippen LogP contribution in [-0.2, 0) is 4.74 Å². The van der Waals surface area contributed by atoms with Crippen LogP contribution < -0.4 is 0 Å². The van der Waals surface area contributed by atoms with E-state index in [4.69, 9.17) is 4.74 Å². The Morgan fingerprint density at radius 3 is 2.12 bits per heavy atom. The van der Waals surface area contributed by atoms with E-state index in [1.165, 1.54) is 6.42 Å². The van der Waals surface area contributed by atoms with E-state index in [2.05, 4.69) is 27.7 Å². The fourth-order valence-corrected chi connectivity index (χ4v) is 2.68. The molecule has 0 amide bonds. The van der Waals surface area contributed by atoms with Gasteiger partial charge >= 0.3 is 0 Å². The van der Waals surface area contributed by atoms with Crippen molar-refractivity contribution in [3.8, 4) is 0 Å². The maximum absolute atomic E-state index is 10.00. The molecule has 0 aliphatic carbocycles. The second-order valence-corrected chi connectivity index (χ2v) is 6.16. The Morgan fingerprint density at radius 1 is 1.06 bits per heavy atom. The molecule has 0 radical (unpaired) electrons. The summed E-state index contributed by atoms with van der Waals surface area (Å²) < 4.78 is 5.21. The van der Waals surface area contributed by atoms with Gasteiger partial charge in [0.25, 0.3) is 0 Å². The SMILES string of the molecule is CC(C)CC(C)CC(O)CC(C)CC1CO1. The van der Waals surface area contributed by atoms with E-state index in [0.717, 1.165) is 31.8 Å². The predicted molar refractivity (Wildman–Crippen MR) is 67.4 cm³/mol. The Bertz CT molecular complexity index is 175. The monoisotopic (exact) mass is 228 g/mol. The molecule has 1 fully saturated rings. The lowest BCUT2D eigenvalue weighted by Crippen LogP contribution is -2.17. The maximum Gasteiger partial charge on any atom is 0.0812 e. The summed E-state index contributed by atoms with van der Waals surface area (Å²) >= 11 is 0. The van der Waals surface area contributed by atoms with Crippen LogP contribution >= 0.6 is 0 Å². The zero-order chi connectivity index (χ0) is 12.1. The van der Waals surface area contributed by atoms with Gasteiger partial charge in [-0.15, -0.1) is 0 Å². The molecule has 0 aromatic carbocycles. The van der Waals surface area contributed by atoms with Crippen molar-refractivity contribution >= 4 is 0 Å². The Hall–Kier alpha value is -0.0800. The van der Waals surface area contributed by atoms with E-state index < -0.39 is 0 Å². The highest BCUT2D eigenvalue weighted by molar-refractivity contribution is 4.74. The summed E-state index contributed by atoms with van der Waals surface area (Å²) in [5, 5.41) is 10.00. The van der Waals surface area contributed by atoms with Gasteiger partial charge < -0.3 is 9.84 Å². The van der Waals surface area contributed by atoms with E-state index in [0.29, 0.717) is 17.9 Å². The number of aliphatic hydroxyl groups is 1. The molecular formula is C14H28O2. The predicted octanol–water partition coefficient (Wildman–Crippen LogP) is 3.23. The molecule has 1 N–H and O–H groups in total. The van der Waals surface area contributed by atoms with Crippen LogP contribution in [0.4, 0.5) is 0 Å². The minimum absolute atomic E-state index is 0.123. The van der Waals surface area contributed by atoms with Crippen molar-refractivity contribution in [2.24, 2.45) is 17.8 Å². The van der Waals surface area contributed by atoms with Gasteiger partial charge in [-0.25, -0.2) is 0 Å². The molecule has 4 unspecified atom stereocenters. The lowest BCUT2D eigenvalue weighted by molar-refractivity contribution is 0.112. The van der Waals surface area contributed by atoms with Gasteiger partial charge in [-0.1, -0.05) is 27.7 Å². The van der Waals surface area contributed by atoms with Gasteiger partial charge in [-0.05, 0) is 43.4 Å². The van der Waals surface area contributed by atoms with Gasteiger partial charge in [-0.3, -0.25) is 0 Å². The zero-order valence-corrected chi connectivity index (χ0v) is 11.3. The highest BCUT2D eigenvalue weighted by Crippen LogP contribution is 2.25. The summed E-state index contributed by atoms with van der Waals surface area (Å²) in [6, 6.07) is 0. The molecule has 1 aliphatic heterocycles. The Labute approximate surface area is 100 Å². The van der Waals surface area contributed by atoms with Crippen molar-refractivity contribution in [1.29, 1.82) is 0 Å². The number of rotatable bonds is 8. The smallest absolute Gasteiger partial charge is 0.0812 e. The van der Waals surface area contributed by atoms with Crippen molar-refractivity contribution in [3.05, 3.63) is 0 Å². The lowest BCUT2D eigenvalue weighted by atomic mass is 9.89. The fraction of sp³-hybridized carbons (Fsp3) is 1.00. The molecule has 2 nitrogen and oxygen atoms in total. The van der Waals surface area contributed by atoms with E-state index in [1.807, 2.05) is 0 Å². The summed E-state index contributed by atoms with van der Waals surface area (Å²) in [5.74, 6) is 1.97. The first-order valence-corrected chi connectivity index (χ1v) is 6.77. The van der Waals surface area contributed by atoms with Crippen LogP contribution in [0.1, 0.15) is 53.4 Å². The molecule has 1 saturated heterocycles. The topological polar surface area (TPSA) is 32.8 Å². The minimum atomic E-state index is -0.123. The van der Waals surface area contributed by atoms with Crippen LogP contribution in [0.5, 0.6) is 0 Å². The van der Waals surface area contributed by atoms with E-state index in [1.54, 1.807) is 0 Å². The molecule has 0 aromatic heterocycles. The average molecular weight is 228 g/mol. The third kappa shape index (κ3) is 6.49. The summed E-state index contributed by atoms with van der Waals surface area (Å²) in [6.07, 6.45) is 4.60. The maximum atomic E-state index is 10.00. The molecule has 1 rings (SSSR count). The Kier molecular flexibility index (Phi) is 5.77. The quantitative estimate of drug-likeness (QED) is 0.647. The van der Waals surface area contributed by atoms with Gasteiger partial charge in [0, 0.05) is 0 Å². The molecule has 0 spiro atoms. The first kappa shape index (κ1) is 14.0. The molecule has 1 heterocycles. The molecule has 2 heteroatoms. The number of aliphatic hydroxyl groups excluding tert-OH is 1. The Balaban J connectivity index is 2.10. The zero-order valence-electron chi connectivity index (χ0n) is 11.3. The highest BCUT2D eigenvalue weighted by Gasteiger charge is 2.25. The first-order valence-electron chi connectivity index (χ1n) is 6.77. The molecule has 0 saturated carbocycles. The fourth-order valence-electron chi connectivity index (χ4n) is 2.68. The van der Waals surface area contributed by atoms with E-state index in [-0.39, 0.29) is 6.10 Å². The second kappa shape index (κ2) is 6.61. The van der Waals surface area contributed by atoms with E-state index in [9.17, 15) is 5.11 Å². The minimum Gasteiger partial charge on any atom is -0.393 e. The second-order valence-electron chi connectivity index (χ2n) is 6.16. The standard InChI is InChI=1S/C14H28O2/c1-10(2)5-11(3)6-13(15)7-12(4)8-14-9-16-14/h10-15H,5-9H2,1-4H3. The molecule has 4 atom stereocenters. The van der Waals surface area contributed by atoms with Gasteiger partial charge in [0.1, 0.15) is 0 Å². The van der Waals surface area contributed by atoms with Crippen molar-refractivity contribution in [2.75, 3.05) is 6.61 Å². The number of epoxide rings is 1. The molecule has 16 heavy (non-hydrogen) atoms. The van der Waals surface area contributed by atoms with E-state index >= 15 is 0 Å². The molecule has 0 bridgehead atoms. The molecule has 0 aromatic rings. The summed E-state index contributed by atoms with van der Waals surface area (Å²) in [7, 11) is 0. The van der Waals surface area contributed by atoms with Gasteiger partial charge in [0.2, 0.25) is 0 Å². The highest BCUT2D eigenvalue weighted by atomic mass is 16.6. The van der Waals surface area contributed by atoms with Crippen molar-refractivity contribution in [1.82, 2.24) is 0 Å². The van der Waals surface area contributed by atoms with Gasteiger partial charge in [0.05, 0.1) is 18.8 Å². The largest absolute Gasteiger partial charge is 0.393 e. The van der Waals surface area contributed by atoms with Crippen LogP contribution in [0.2, 0.25) is 0 Å². The van der Waals surface area contributed by atoms with Crippen molar-refractivity contribution < 1.29 is 9.84 Å². The summed E-state index contributed by atoms with van der Waals surface area (Å²) in [6.45, 7) is 9.89. The third-order valence-electron chi connectivity index (χ3n) is 3.29. The van der Waals surface area contributed by atoms with Crippen LogP contribution in [0.25, 0.3) is 0 Å². The number of ether oxygens (including phenoxy) is 1. The van der Waals surface area contributed by atoms with Crippen molar-refractivity contribution in [2.45, 2.75) is 65.6 Å². The van der Waals surface area contributed by atoms with Crippen LogP contribution in [0, 0.1) is 17.8 Å². The number of hydrogen-bond donors (Lipinski definition) is 1. The molecule has 1 aliphatic rings. The average Bonchev–Trinajstić information content (AvgIpc) is 2.84. The first-order chi connectivity index (χ1) is 7.47. The van der Waals surface area contributed by atoms with Crippen molar-refractivity contribution in [3.63, 3.8) is 0 Å². The lowest BCUT2D eigenvalue weighted by Gasteiger charge is -2.20. The van der Waals surface area contributed by atoms with Gasteiger partial charge in [0.15, 0.2) is 0 Å². The normalized spacial score (nSPS) is 25.5. The van der Waals surface area contributed by atoms with Crippen LogP contribution in [0.3, 0.4) is 0 Å². The van der Waals surface area contributed by atoms with Crippen LogP contribution in [-0.4, -0.2) is 23.9 Å². The van der Waals surface area contributed by atoms with Gasteiger partial charge in [-0.2, -0.15) is 0 Å². The molecule has 96 valence electrons. The molecular weight excluding hydrogens is 200 g/mol. The number of hydrogen-bond acceptors (Lipinski definition) is 2.